The number of nitrogens with zero attached hydrogens (tertiary/aromatic N) is 1. The summed E-state index contributed by atoms with van der Waals surface area (Å²) in [6.07, 6.45) is 1.65. The number of halogens is 1. The van der Waals surface area contributed by atoms with E-state index in [1.165, 1.54) is 0 Å². The van der Waals surface area contributed by atoms with Crippen molar-refractivity contribution in [1.29, 1.82) is 0 Å². The Hall–Kier alpha value is -2.79. The number of aliphatic hydroxyl groups is 1. The van der Waals surface area contributed by atoms with Gasteiger partial charge in [0.1, 0.15) is 11.5 Å². The number of unbranched alkanes of at least 4 members (excludes halogenated alkanes) is 1. The van der Waals surface area contributed by atoms with Crippen LogP contribution in [-0.2, 0) is 9.59 Å². The molecular formula is C25H28ClNO4. The Morgan fingerprint density at radius 3 is 2.32 bits per heavy atom. The van der Waals surface area contributed by atoms with Gasteiger partial charge >= 0.3 is 0 Å². The number of rotatable bonds is 8. The Kier molecular flexibility index (Phi) is 7.39. The lowest BCUT2D eigenvalue weighted by Crippen LogP contribution is -2.30. The molecule has 1 fully saturated rings. The van der Waals surface area contributed by atoms with Gasteiger partial charge in [0.2, 0.25) is 0 Å². The molecule has 0 bridgehead atoms. The summed E-state index contributed by atoms with van der Waals surface area (Å²) < 4.78 is 5.69. The third-order valence-corrected chi connectivity index (χ3v) is 5.44. The van der Waals surface area contributed by atoms with Gasteiger partial charge in [-0.25, -0.2) is 0 Å². The fourth-order valence-corrected chi connectivity index (χ4v) is 3.68. The maximum absolute atomic E-state index is 12.9. The Balaban J connectivity index is 2.02. The van der Waals surface area contributed by atoms with Crippen molar-refractivity contribution in [2.24, 2.45) is 5.92 Å². The molecule has 1 heterocycles. The van der Waals surface area contributed by atoms with Crippen LogP contribution in [0.1, 0.15) is 50.8 Å². The van der Waals surface area contributed by atoms with Crippen LogP contribution in [0.2, 0.25) is 5.02 Å². The molecule has 1 amide bonds. The smallest absolute Gasteiger partial charge is 0.295 e. The minimum atomic E-state index is -0.673. The first-order valence-electron chi connectivity index (χ1n) is 10.6. The summed E-state index contributed by atoms with van der Waals surface area (Å²) in [6.45, 7) is 7.18. The van der Waals surface area contributed by atoms with Crippen LogP contribution in [0.5, 0.6) is 5.75 Å². The molecule has 0 radical (unpaired) electrons. The van der Waals surface area contributed by atoms with Crippen LogP contribution in [0.15, 0.2) is 54.1 Å². The largest absolute Gasteiger partial charge is 0.507 e. The van der Waals surface area contributed by atoms with E-state index in [9.17, 15) is 14.7 Å². The van der Waals surface area contributed by atoms with Crippen LogP contribution >= 0.6 is 11.6 Å². The van der Waals surface area contributed by atoms with Gasteiger partial charge in [-0.15, -0.1) is 0 Å². The fourth-order valence-electron chi connectivity index (χ4n) is 3.56. The first kappa shape index (κ1) is 22.9. The second kappa shape index (κ2) is 10.0. The maximum Gasteiger partial charge on any atom is 0.295 e. The molecule has 1 aliphatic heterocycles. The van der Waals surface area contributed by atoms with Gasteiger partial charge < -0.3 is 14.7 Å². The van der Waals surface area contributed by atoms with E-state index in [0.717, 1.165) is 18.4 Å². The van der Waals surface area contributed by atoms with E-state index in [0.29, 0.717) is 35.4 Å². The average Bonchev–Trinajstić information content (AvgIpc) is 3.01. The minimum absolute atomic E-state index is 0.0966. The van der Waals surface area contributed by atoms with Gasteiger partial charge in [0, 0.05) is 17.1 Å². The summed E-state index contributed by atoms with van der Waals surface area (Å²) in [4.78, 5) is 27.3. The van der Waals surface area contributed by atoms with Crippen molar-refractivity contribution in [3.63, 3.8) is 0 Å². The number of Topliss-reactive ketones (excluding diaryl/α,β-unsaturated/α-hetero) is 1. The van der Waals surface area contributed by atoms with E-state index < -0.39 is 17.7 Å². The van der Waals surface area contributed by atoms with Gasteiger partial charge in [-0.1, -0.05) is 50.9 Å². The summed E-state index contributed by atoms with van der Waals surface area (Å²) in [5.74, 6) is -0.373. The first-order chi connectivity index (χ1) is 14.8. The SMILES string of the molecule is CCCCN1C(=O)C(=O)/C(=C(\O)c2ccc(OCC(C)C)cc2)C1c1ccc(Cl)cc1. The minimum Gasteiger partial charge on any atom is -0.507 e. The number of ether oxygens (including phenoxy) is 1. The summed E-state index contributed by atoms with van der Waals surface area (Å²) in [7, 11) is 0. The molecule has 1 aliphatic rings. The highest BCUT2D eigenvalue weighted by atomic mass is 35.5. The number of amides is 1. The summed E-state index contributed by atoms with van der Waals surface area (Å²) >= 11 is 6.03. The van der Waals surface area contributed by atoms with Crippen molar-refractivity contribution in [2.45, 2.75) is 39.7 Å². The zero-order valence-corrected chi connectivity index (χ0v) is 18.9. The second-order valence-electron chi connectivity index (χ2n) is 8.13. The molecule has 0 aromatic heterocycles. The number of ketones is 1. The van der Waals surface area contributed by atoms with Crippen LogP contribution in [0.25, 0.3) is 5.76 Å². The van der Waals surface area contributed by atoms with E-state index in [1.54, 1.807) is 53.4 Å². The molecule has 3 rings (SSSR count). The van der Waals surface area contributed by atoms with Crippen molar-refractivity contribution in [3.05, 3.63) is 70.3 Å². The lowest BCUT2D eigenvalue weighted by Gasteiger charge is -2.25. The number of aliphatic hydroxyl groups excluding tert-OH is 1. The van der Waals surface area contributed by atoms with Crippen molar-refractivity contribution in [3.8, 4) is 5.75 Å². The normalized spacial score (nSPS) is 18.1. The highest BCUT2D eigenvalue weighted by Crippen LogP contribution is 2.40. The van der Waals surface area contributed by atoms with Crippen LogP contribution in [0, 0.1) is 5.92 Å². The third-order valence-electron chi connectivity index (χ3n) is 5.19. The number of carbonyl (C=O) groups excluding carboxylic acids is 2. The monoisotopic (exact) mass is 441 g/mol. The maximum atomic E-state index is 12.9. The first-order valence-corrected chi connectivity index (χ1v) is 11.0. The average molecular weight is 442 g/mol. The van der Waals surface area contributed by atoms with E-state index in [4.69, 9.17) is 16.3 Å². The molecule has 5 nitrogen and oxygen atoms in total. The molecule has 0 saturated carbocycles. The molecule has 2 aromatic carbocycles. The molecule has 1 unspecified atom stereocenters. The molecule has 1 saturated heterocycles. The number of benzene rings is 2. The van der Waals surface area contributed by atoms with E-state index >= 15 is 0 Å². The zero-order chi connectivity index (χ0) is 22.5. The molecule has 0 spiro atoms. The van der Waals surface area contributed by atoms with E-state index in [-0.39, 0.29) is 11.3 Å². The molecular weight excluding hydrogens is 414 g/mol. The number of hydrogen-bond donors (Lipinski definition) is 1. The van der Waals surface area contributed by atoms with Gasteiger partial charge in [-0.2, -0.15) is 0 Å². The van der Waals surface area contributed by atoms with Crippen molar-refractivity contribution < 1.29 is 19.4 Å². The molecule has 1 N–H and O–H groups in total. The number of carbonyl (C=O) groups is 2. The van der Waals surface area contributed by atoms with Crippen molar-refractivity contribution in [2.75, 3.05) is 13.2 Å². The third kappa shape index (κ3) is 5.10. The summed E-state index contributed by atoms with van der Waals surface area (Å²) in [6, 6.07) is 13.3. The lowest BCUT2D eigenvalue weighted by atomic mass is 9.95. The predicted octanol–water partition coefficient (Wildman–Crippen LogP) is 5.60. The van der Waals surface area contributed by atoms with Crippen LogP contribution in [0.3, 0.4) is 0 Å². The fraction of sp³-hybridized carbons (Fsp3) is 0.360. The Bertz CT molecular complexity index is 964. The van der Waals surface area contributed by atoms with Gasteiger partial charge in [-0.3, -0.25) is 9.59 Å². The highest BCUT2D eigenvalue weighted by molar-refractivity contribution is 6.46. The summed E-state index contributed by atoms with van der Waals surface area (Å²) in [5.41, 5.74) is 1.29. The molecule has 1 atom stereocenters. The second-order valence-corrected chi connectivity index (χ2v) is 8.56. The molecule has 0 aliphatic carbocycles. The standard InChI is InChI=1S/C25H28ClNO4/c1-4-5-14-27-22(17-6-10-19(26)11-7-17)21(24(29)25(27)30)23(28)18-8-12-20(13-9-18)31-15-16(2)3/h6-13,16,22,28H,4-5,14-15H2,1-3H3/b23-21-. The Morgan fingerprint density at radius 1 is 1.10 bits per heavy atom. The van der Waals surface area contributed by atoms with Gasteiger partial charge in [0.15, 0.2) is 0 Å². The summed E-state index contributed by atoms with van der Waals surface area (Å²) in [5, 5.41) is 11.6. The van der Waals surface area contributed by atoms with Crippen molar-refractivity contribution >= 4 is 29.1 Å². The van der Waals surface area contributed by atoms with Gasteiger partial charge in [0.05, 0.1) is 18.2 Å². The zero-order valence-electron chi connectivity index (χ0n) is 18.1. The Morgan fingerprint density at radius 2 is 1.74 bits per heavy atom. The molecule has 164 valence electrons. The van der Waals surface area contributed by atoms with Crippen LogP contribution in [-0.4, -0.2) is 34.8 Å². The van der Waals surface area contributed by atoms with Crippen LogP contribution in [0.4, 0.5) is 0 Å². The van der Waals surface area contributed by atoms with Gasteiger partial charge in [0.25, 0.3) is 11.7 Å². The highest BCUT2D eigenvalue weighted by Gasteiger charge is 2.45. The quantitative estimate of drug-likeness (QED) is 0.329. The number of likely N-dealkylation sites (tertiary alicyclic amines) is 1. The Labute approximate surface area is 188 Å². The molecule has 2 aromatic rings. The predicted molar refractivity (Wildman–Crippen MR) is 122 cm³/mol. The van der Waals surface area contributed by atoms with Gasteiger partial charge in [-0.05, 0) is 54.3 Å². The number of hydrogen-bond acceptors (Lipinski definition) is 4. The lowest BCUT2D eigenvalue weighted by molar-refractivity contribution is -0.139. The van der Waals surface area contributed by atoms with Crippen molar-refractivity contribution in [1.82, 2.24) is 4.90 Å². The van der Waals surface area contributed by atoms with E-state index in [1.807, 2.05) is 6.92 Å². The topological polar surface area (TPSA) is 66.8 Å². The van der Waals surface area contributed by atoms with Crippen LogP contribution < -0.4 is 4.74 Å². The van der Waals surface area contributed by atoms with E-state index in [2.05, 4.69) is 13.8 Å². The molecule has 31 heavy (non-hydrogen) atoms. The molecule has 6 heteroatoms.